The van der Waals surface area contributed by atoms with Gasteiger partial charge < -0.3 is 15.9 Å². The molecule has 0 bridgehead atoms. The van der Waals surface area contributed by atoms with Gasteiger partial charge in [0.05, 0.1) is 11.9 Å². The molecule has 1 aromatic heterocycles. The standard InChI is InChI=1S/C12H19N5O2S/c13-17-11(8-3-4-8)15-16-12(17)20-7-10(18)14-6-9-2-1-5-19-9/h8-9H,1-7,13H2,(H,14,18)/t9-/m0/s1. The van der Waals surface area contributed by atoms with Gasteiger partial charge in [-0.15, -0.1) is 10.2 Å². The van der Waals surface area contributed by atoms with Crippen LogP contribution in [-0.4, -0.2) is 45.8 Å². The van der Waals surface area contributed by atoms with E-state index in [0.29, 0.717) is 23.4 Å². The van der Waals surface area contributed by atoms with Crippen LogP contribution in [0.1, 0.15) is 37.4 Å². The summed E-state index contributed by atoms with van der Waals surface area (Å²) in [6.07, 6.45) is 4.53. The minimum atomic E-state index is -0.0264. The third kappa shape index (κ3) is 3.24. The molecule has 3 N–H and O–H groups in total. The predicted molar refractivity (Wildman–Crippen MR) is 74.9 cm³/mol. The van der Waals surface area contributed by atoms with Gasteiger partial charge in [-0.1, -0.05) is 11.8 Å². The molecule has 2 heterocycles. The summed E-state index contributed by atoms with van der Waals surface area (Å²) in [5.41, 5.74) is 0. The van der Waals surface area contributed by atoms with E-state index >= 15 is 0 Å². The second kappa shape index (κ2) is 6.01. The van der Waals surface area contributed by atoms with Gasteiger partial charge in [0, 0.05) is 19.1 Å². The number of amides is 1. The van der Waals surface area contributed by atoms with E-state index in [-0.39, 0.29) is 12.0 Å². The Labute approximate surface area is 121 Å². The first-order valence-corrected chi connectivity index (χ1v) is 7.94. The Morgan fingerprint density at radius 1 is 1.45 bits per heavy atom. The molecule has 7 nitrogen and oxygen atoms in total. The van der Waals surface area contributed by atoms with Crippen LogP contribution < -0.4 is 11.2 Å². The van der Waals surface area contributed by atoms with Crippen LogP contribution in [0, 0.1) is 0 Å². The molecular formula is C12H19N5O2S. The van der Waals surface area contributed by atoms with Crippen LogP contribution in [0.2, 0.25) is 0 Å². The third-order valence-corrected chi connectivity index (χ3v) is 4.46. The Morgan fingerprint density at radius 3 is 3.00 bits per heavy atom. The maximum Gasteiger partial charge on any atom is 0.230 e. The molecule has 20 heavy (non-hydrogen) atoms. The van der Waals surface area contributed by atoms with Gasteiger partial charge in [0.2, 0.25) is 11.1 Å². The number of hydrogen-bond donors (Lipinski definition) is 2. The molecule has 0 aromatic carbocycles. The lowest BCUT2D eigenvalue weighted by Gasteiger charge is -2.10. The molecule has 1 aliphatic heterocycles. The third-order valence-electron chi connectivity index (χ3n) is 3.52. The number of carbonyl (C=O) groups is 1. The average Bonchev–Trinajstić information content (AvgIpc) is 3.02. The molecule has 110 valence electrons. The van der Waals surface area contributed by atoms with Crippen LogP contribution in [0.15, 0.2) is 5.16 Å². The first kappa shape index (κ1) is 13.7. The van der Waals surface area contributed by atoms with Crippen LogP contribution in [0.25, 0.3) is 0 Å². The summed E-state index contributed by atoms with van der Waals surface area (Å²) in [5, 5.41) is 11.6. The molecule has 2 aliphatic rings. The number of ether oxygens (including phenoxy) is 1. The van der Waals surface area contributed by atoms with Gasteiger partial charge in [0.1, 0.15) is 0 Å². The van der Waals surface area contributed by atoms with Crippen molar-refractivity contribution in [1.29, 1.82) is 0 Å². The molecule has 0 unspecified atom stereocenters. The topological polar surface area (TPSA) is 95.1 Å². The Bertz CT molecular complexity index is 482. The quantitative estimate of drug-likeness (QED) is 0.577. The van der Waals surface area contributed by atoms with Crippen molar-refractivity contribution in [3.63, 3.8) is 0 Å². The zero-order chi connectivity index (χ0) is 13.9. The molecule has 1 aromatic rings. The van der Waals surface area contributed by atoms with E-state index in [2.05, 4.69) is 15.5 Å². The second-order valence-corrected chi connectivity index (χ2v) is 6.16. The van der Waals surface area contributed by atoms with E-state index in [4.69, 9.17) is 10.6 Å². The zero-order valence-corrected chi connectivity index (χ0v) is 12.1. The lowest BCUT2D eigenvalue weighted by molar-refractivity contribution is -0.119. The summed E-state index contributed by atoms with van der Waals surface area (Å²) in [5.74, 6) is 7.48. The average molecular weight is 297 g/mol. The molecular weight excluding hydrogens is 278 g/mol. The number of carbonyl (C=O) groups excluding carboxylic acids is 1. The highest BCUT2D eigenvalue weighted by Gasteiger charge is 2.30. The summed E-state index contributed by atoms with van der Waals surface area (Å²) in [7, 11) is 0. The fraction of sp³-hybridized carbons (Fsp3) is 0.750. The number of rotatable bonds is 6. The van der Waals surface area contributed by atoms with E-state index < -0.39 is 0 Å². The molecule has 1 amide bonds. The van der Waals surface area contributed by atoms with Gasteiger partial charge in [-0.05, 0) is 25.7 Å². The van der Waals surface area contributed by atoms with Crippen molar-refractivity contribution in [3.8, 4) is 0 Å². The van der Waals surface area contributed by atoms with Gasteiger partial charge in [-0.25, -0.2) is 4.68 Å². The fourth-order valence-electron chi connectivity index (χ4n) is 2.22. The number of nitrogens with zero attached hydrogens (tertiary/aromatic N) is 3. The minimum absolute atomic E-state index is 0.0264. The number of nitrogens with one attached hydrogen (secondary N) is 1. The SMILES string of the molecule is Nn1c(SCC(=O)NC[C@@H]2CCCO2)nnc1C1CC1. The summed E-state index contributed by atoms with van der Waals surface area (Å²) in [4.78, 5) is 11.8. The Hall–Kier alpha value is -1.28. The zero-order valence-electron chi connectivity index (χ0n) is 11.2. The van der Waals surface area contributed by atoms with Crippen LogP contribution >= 0.6 is 11.8 Å². The summed E-state index contributed by atoms with van der Waals surface area (Å²) in [6, 6.07) is 0. The second-order valence-electron chi connectivity index (χ2n) is 5.21. The maximum atomic E-state index is 11.8. The smallest absolute Gasteiger partial charge is 0.230 e. The van der Waals surface area contributed by atoms with Crippen molar-refractivity contribution in [2.75, 3.05) is 24.7 Å². The Balaban J connectivity index is 1.42. The van der Waals surface area contributed by atoms with Crippen LogP contribution in [0.5, 0.6) is 0 Å². The highest BCUT2D eigenvalue weighted by Crippen LogP contribution is 2.39. The molecule has 2 fully saturated rings. The van der Waals surface area contributed by atoms with Gasteiger partial charge in [-0.3, -0.25) is 4.79 Å². The minimum Gasteiger partial charge on any atom is -0.376 e. The van der Waals surface area contributed by atoms with Crippen molar-refractivity contribution in [3.05, 3.63) is 5.82 Å². The van der Waals surface area contributed by atoms with E-state index in [9.17, 15) is 4.79 Å². The number of hydrogen-bond acceptors (Lipinski definition) is 6. The monoisotopic (exact) mass is 297 g/mol. The van der Waals surface area contributed by atoms with E-state index in [0.717, 1.165) is 38.1 Å². The molecule has 1 saturated heterocycles. The molecule has 8 heteroatoms. The van der Waals surface area contributed by atoms with Crippen molar-refractivity contribution in [1.82, 2.24) is 20.2 Å². The van der Waals surface area contributed by atoms with Crippen molar-refractivity contribution < 1.29 is 9.53 Å². The number of nitrogens with two attached hydrogens (primary N) is 1. The summed E-state index contributed by atoms with van der Waals surface area (Å²) in [6.45, 7) is 1.39. The number of nitrogen functional groups attached to an aromatic ring is 1. The molecule has 0 spiro atoms. The fourth-order valence-corrected chi connectivity index (χ4v) is 2.91. The van der Waals surface area contributed by atoms with Gasteiger partial charge in [0.25, 0.3) is 0 Å². The predicted octanol–water partition coefficient (Wildman–Crippen LogP) is 0.257. The van der Waals surface area contributed by atoms with Crippen LogP contribution in [0.4, 0.5) is 0 Å². The molecule has 1 aliphatic carbocycles. The first-order valence-electron chi connectivity index (χ1n) is 6.95. The van der Waals surface area contributed by atoms with Gasteiger partial charge in [-0.2, -0.15) is 0 Å². The van der Waals surface area contributed by atoms with Crippen molar-refractivity contribution in [2.45, 2.75) is 42.9 Å². The van der Waals surface area contributed by atoms with Crippen LogP contribution in [0.3, 0.4) is 0 Å². The normalized spacial score (nSPS) is 22.1. The lowest BCUT2D eigenvalue weighted by Crippen LogP contribution is -2.33. The Morgan fingerprint density at radius 2 is 2.30 bits per heavy atom. The molecule has 1 saturated carbocycles. The lowest BCUT2D eigenvalue weighted by atomic mass is 10.2. The molecule has 1 atom stereocenters. The van der Waals surface area contributed by atoms with Crippen molar-refractivity contribution in [2.24, 2.45) is 0 Å². The summed E-state index contributed by atoms with van der Waals surface area (Å²) >= 11 is 1.32. The largest absolute Gasteiger partial charge is 0.376 e. The summed E-state index contributed by atoms with van der Waals surface area (Å²) < 4.78 is 6.96. The molecule has 0 radical (unpaired) electrons. The maximum absolute atomic E-state index is 11.8. The number of thioether (sulfide) groups is 1. The first-order chi connectivity index (χ1) is 9.74. The van der Waals surface area contributed by atoms with Gasteiger partial charge >= 0.3 is 0 Å². The highest BCUT2D eigenvalue weighted by atomic mass is 32.2. The molecule has 3 rings (SSSR count). The number of aromatic nitrogens is 3. The van der Waals surface area contributed by atoms with E-state index in [1.807, 2.05) is 0 Å². The Kier molecular flexibility index (Phi) is 4.11. The van der Waals surface area contributed by atoms with Gasteiger partial charge in [0.15, 0.2) is 5.82 Å². The van der Waals surface area contributed by atoms with Crippen LogP contribution in [-0.2, 0) is 9.53 Å². The highest BCUT2D eigenvalue weighted by molar-refractivity contribution is 7.99. The van der Waals surface area contributed by atoms with Crippen molar-refractivity contribution >= 4 is 17.7 Å². The van der Waals surface area contributed by atoms with E-state index in [1.165, 1.54) is 16.4 Å². The van der Waals surface area contributed by atoms with E-state index in [1.54, 1.807) is 0 Å².